The summed E-state index contributed by atoms with van der Waals surface area (Å²) in [5.74, 6) is -0.922. The zero-order chi connectivity index (χ0) is 11.3. The number of nitrogens with zero attached hydrogens (tertiary/aromatic N) is 2. The molecular formula is C9H15N3O3. The summed E-state index contributed by atoms with van der Waals surface area (Å²) in [5.41, 5.74) is 0.624. The minimum atomic E-state index is -0.922. The molecule has 15 heavy (non-hydrogen) atoms. The highest BCUT2D eigenvalue weighted by molar-refractivity contribution is 5.74. The molecule has 0 bridgehead atoms. The van der Waals surface area contributed by atoms with Crippen LogP contribution < -0.4 is 5.32 Å². The van der Waals surface area contributed by atoms with Gasteiger partial charge < -0.3 is 14.4 Å². The van der Waals surface area contributed by atoms with Crippen molar-refractivity contribution in [2.75, 3.05) is 20.3 Å². The van der Waals surface area contributed by atoms with Crippen molar-refractivity contribution in [2.24, 2.45) is 7.05 Å². The second kappa shape index (κ2) is 5.47. The van der Waals surface area contributed by atoms with Crippen LogP contribution in [0.4, 0.5) is 0 Å². The Labute approximate surface area is 87.9 Å². The second-order valence-corrected chi connectivity index (χ2v) is 3.15. The highest BCUT2D eigenvalue weighted by Gasteiger charge is 2.21. The molecule has 0 radical (unpaired) electrons. The Morgan fingerprint density at radius 2 is 2.53 bits per heavy atom. The third-order valence-corrected chi connectivity index (χ3v) is 2.05. The van der Waals surface area contributed by atoms with Crippen LogP contribution in [0.2, 0.25) is 0 Å². The molecule has 1 aromatic heterocycles. The monoisotopic (exact) mass is 213 g/mol. The third kappa shape index (κ3) is 3.03. The minimum absolute atomic E-state index is 0.474. The van der Waals surface area contributed by atoms with Crippen LogP contribution in [-0.2, 0) is 16.6 Å². The molecule has 6 heteroatoms. The lowest BCUT2D eigenvalue weighted by molar-refractivity contribution is -0.139. The molecule has 0 amide bonds. The fraction of sp³-hybridized carbons (Fsp3) is 0.556. The van der Waals surface area contributed by atoms with Crippen LogP contribution in [-0.4, -0.2) is 40.9 Å². The van der Waals surface area contributed by atoms with Crippen molar-refractivity contribution in [3.8, 4) is 0 Å². The van der Waals surface area contributed by atoms with E-state index >= 15 is 0 Å². The van der Waals surface area contributed by atoms with Gasteiger partial charge in [-0.05, 0) is 0 Å². The van der Waals surface area contributed by atoms with Crippen LogP contribution in [0.15, 0.2) is 12.5 Å². The van der Waals surface area contributed by atoms with E-state index in [1.54, 1.807) is 31.2 Å². The normalized spacial score (nSPS) is 12.7. The van der Waals surface area contributed by atoms with Crippen LogP contribution in [0, 0.1) is 0 Å². The van der Waals surface area contributed by atoms with Crippen molar-refractivity contribution in [3.05, 3.63) is 18.2 Å². The number of aryl methyl sites for hydroxylation is 1. The molecule has 0 aliphatic rings. The summed E-state index contributed by atoms with van der Waals surface area (Å²) in [6.07, 6.45) is 3.11. The second-order valence-electron chi connectivity index (χ2n) is 3.15. The molecule has 1 unspecified atom stereocenters. The van der Waals surface area contributed by atoms with Crippen LogP contribution in [0.3, 0.4) is 0 Å². The van der Waals surface area contributed by atoms with E-state index in [2.05, 4.69) is 10.3 Å². The highest BCUT2D eigenvalue weighted by Crippen LogP contribution is 2.10. The van der Waals surface area contributed by atoms with E-state index in [1.807, 2.05) is 0 Å². The number of rotatable bonds is 6. The molecule has 1 atom stereocenters. The van der Waals surface area contributed by atoms with Crippen LogP contribution in [0.5, 0.6) is 0 Å². The first-order chi connectivity index (χ1) is 7.16. The smallest absolute Gasteiger partial charge is 0.326 e. The maximum Gasteiger partial charge on any atom is 0.326 e. The van der Waals surface area contributed by atoms with E-state index in [1.165, 1.54) is 0 Å². The molecule has 6 nitrogen and oxygen atoms in total. The predicted molar refractivity (Wildman–Crippen MR) is 53.5 cm³/mol. The predicted octanol–water partition coefficient (Wildman–Crippen LogP) is -0.218. The van der Waals surface area contributed by atoms with E-state index in [0.29, 0.717) is 18.8 Å². The maximum atomic E-state index is 11.0. The van der Waals surface area contributed by atoms with Gasteiger partial charge in [-0.25, -0.2) is 4.98 Å². The van der Waals surface area contributed by atoms with Crippen molar-refractivity contribution in [3.63, 3.8) is 0 Å². The van der Waals surface area contributed by atoms with Crippen LogP contribution >= 0.6 is 0 Å². The van der Waals surface area contributed by atoms with Gasteiger partial charge >= 0.3 is 5.97 Å². The first-order valence-electron chi connectivity index (χ1n) is 4.58. The van der Waals surface area contributed by atoms with Gasteiger partial charge in [-0.3, -0.25) is 10.1 Å². The standard InChI is InChI=1S/C9H15N3O3/c1-12-6-10-5-7(12)8(9(13)14)11-3-4-15-2/h5-6,8,11H,3-4H2,1-2H3,(H,13,14). The molecule has 0 saturated carbocycles. The quantitative estimate of drug-likeness (QED) is 0.639. The summed E-state index contributed by atoms with van der Waals surface area (Å²) < 4.78 is 6.52. The van der Waals surface area contributed by atoms with Crippen molar-refractivity contribution >= 4 is 5.97 Å². The number of carbonyl (C=O) groups is 1. The Hall–Kier alpha value is -1.40. The molecule has 0 fully saturated rings. The Kier molecular flexibility index (Phi) is 4.26. The lowest BCUT2D eigenvalue weighted by Gasteiger charge is -2.14. The van der Waals surface area contributed by atoms with E-state index in [9.17, 15) is 4.79 Å². The van der Waals surface area contributed by atoms with Gasteiger partial charge in [0.2, 0.25) is 0 Å². The van der Waals surface area contributed by atoms with Crippen molar-refractivity contribution in [1.29, 1.82) is 0 Å². The van der Waals surface area contributed by atoms with Gasteiger partial charge in [-0.1, -0.05) is 0 Å². The fourth-order valence-corrected chi connectivity index (χ4v) is 1.27. The molecule has 0 saturated heterocycles. The minimum Gasteiger partial charge on any atom is -0.480 e. The number of imidazole rings is 1. The van der Waals surface area contributed by atoms with Gasteiger partial charge in [-0.2, -0.15) is 0 Å². The summed E-state index contributed by atoms with van der Waals surface area (Å²) in [5, 5.41) is 11.9. The summed E-state index contributed by atoms with van der Waals surface area (Å²) in [6, 6.07) is -0.743. The Morgan fingerprint density at radius 3 is 3.00 bits per heavy atom. The van der Waals surface area contributed by atoms with E-state index in [4.69, 9.17) is 9.84 Å². The maximum absolute atomic E-state index is 11.0. The number of carboxylic acid groups (broad SMARTS) is 1. The Balaban J connectivity index is 2.67. The van der Waals surface area contributed by atoms with E-state index in [-0.39, 0.29) is 0 Å². The van der Waals surface area contributed by atoms with Gasteiger partial charge in [0.25, 0.3) is 0 Å². The lowest BCUT2D eigenvalue weighted by atomic mass is 10.2. The molecule has 1 heterocycles. The first-order valence-corrected chi connectivity index (χ1v) is 4.58. The van der Waals surface area contributed by atoms with Gasteiger partial charge in [0.15, 0.2) is 0 Å². The van der Waals surface area contributed by atoms with Crippen molar-refractivity contribution in [2.45, 2.75) is 6.04 Å². The SMILES string of the molecule is COCCNC(C(=O)O)c1cncn1C. The Morgan fingerprint density at radius 1 is 1.80 bits per heavy atom. The number of carboxylic acids is 1. The number of ether oxygens (including phenoxy) is 1. The zero-order valence-corrected chi connectivity index (χ0v) is 8.80. The zero-order valence-electron chi connectivity index (χ0n) is 8.80. The summed E-state index contributed by atoms with van der Waals surface area (Å²) in [4.78, 5) is 14.9. The summed E-state index contributed by atoms with van der Waals surface area (Å²) >= 11 is 0. The molecule has 2 N–H and O–H groups in total. The van der Waals surface area contributed by atoms with Gasteiger partial charge in [0, 0.05) is 20.7 Å². The van der Waals surface area contributed by atoms with Crippen molar-refractivity contribution < 1.29 is 14.6 Å². The van der Waals surface area contributed by atoms with Crippen LogP contribution in [0.25, 0.3) is 0 Å². The molecule has 0 aliphatic heterocycles. The molecule has 1 aromatic rings. The molecular weight excluding hydrogens is 198 g/mol. The van der Waals surface area contributed by atoms with E-state index < -0.39 is 12.0 Å². The molecule has 84 valence electrons. The largest absolute Gasteiger partial charge is 0.480 e. The molecule has 1 rings (SSSR count). The average molecular weight is 213 g/mol. The number of hydrogen-bond acceptors (Lipinski definition) is 4. The summed E-state index contributed by atoms with van der Waals surface area (Å²) in [6.45, 7) is 0.959. The average Bonchev–Trinajstić information content (AvgIpc) is 2.59. The third-order valence-electron chi connectivity index (χ3n) is 2.05. The van der Waals surface area contributed by atoms with E-state index in [0.717, 1.165) is 0 Å². The fourth-order valence-electron chi connectivity index (χ4n) is 1.27. The van der Waals surface area contributed by atoms with Gasteiger partial charge in [-0.15, -0.1) is 0 Å². The first kappa shape index (κ1) is 11.7. The number of aromatic nitrogens is 2. The van der Waals surface area contributed by atoms with Gasteiger partial charge in [0.1, 0.15) is 6.04 Å². The molecule has 0 aromatic carbocycles. The topological polar surface area (TPSA) is 76.4 Å². The number of methoxy groups -OCH3 is 1. The number of hydrogen-bond donors (Lipinski definition) is 2. The van der Waals surface area contributed by atoms with Crippen LogP contribution in [0.1, 0.15) is 11.7 Å². The molecule has 0 aliphatic carbocycles. The number of nitrogens with one attached hydrogen (secondary N) is 1. The van der Waals surface area contributed by atoms with Crippen molar-refractivity contribution in [1.82, 2.24) is 14.9 Å². The lowest BCUT2D eigenvalue weighted by Crippen LogP contribution is -2.32. The highest BCUT2D eigenvalue weighted by atomic mass is 16.5. The summed E-state index contributed by atoms with van der Waals surface area (Å²) in [7, 11) is 3.33. The molecule has 0 spiro atoms. The number of aliphatic carboxylic acids is 1. The Bertz CT molecular complexity index is 324. The van der Waals surface area contributed by atoms with Gasteiger partial charge in [0.05, 0.1) is 24.8 Å².